The largest absolute Gasteiger partial charge is 0.494 e. The van der Waals surface area contributed by atoms with Gasteiger partial charge in [-0.15, -0.1) is 0 Å². The van der Waals surface area contributed by atoms with Gasteiger partial charge in [0.05, 0.1) is 22.5 Å². The van der Waals surface area contributed by atoms with Crippen molar-refractivity contribution >= 4 is 32.1 Å². The first-order chi connectivity index (χ1) is 11.5. The Balaban J connectivity index is 2.00. The van der Waals surface area contributed by atoms with E-state index in [0.29, 0.717) is 33.3 Å². The number of sulfonamides is 1. The highest BCUT2D eigenvalue weighted by atomic mass is 32.2. The van der Waals surface area contributed by atoms with Crippen molar-refractivity contribution < 1.29 is 13.5 Å². The van der Waals surface area contributed by atoms with E-state index in [4.69, 9.17) is 0 Å². The monoisotopic (exact) mass is 343 g/mol. The predicted molar refractivity (Wildman–Crippen MR) is 89.1 cm³/mol. The highest BCUT2D eigenvalue weighted by molar-refractivity contribution is 7.89. The number of fused-ring (bicyclic) bond motifs is 2. The molecule has 3 aromatic heterocycles. The van der Waals surface area contributed by atoms with Crippen molar-refractivity contribution in [3.63, 3.8) is 0 Å². The Morgan fingerprint density at radius 3 is 2.83 bits per heavy atom. The molecule has 4 rings (SSSR count). The van der Waals surface area contributed by atoms with E-state index < -0.39 is 10.0 Å². The number of nitrogens with zero attached hydrogens (tertiary/aromatic N) is 2. The van der Waals surface area contributed by atoms with Gasteiger partial charge in [-0.1, -0.05) is 0 Å². The SMILES string of the molecule is CNS(=O)(=O)c1ccc2[nH]c(O)c(-c3ccc4nc[nH]c4n3)c2c1. The standard InChI is InChI=1S/C15H13N5O3S/c1-16-24(22,23)8-2-3-10-9(6-8)13(15(21)20-10)11-4-5-12-14(19-11)18-7-17-12/h2-7,16,20-21H,1H3,(H,17,18,19). The molecule has 0 atom stereocenters. The summed E-state index contributed by atoms with van der Waals surface area (Å²) >= 11 is 0. The molecule has 3 heterocycles. The van der Waals surface area contributed by atoms with Gasteiger partial charge in [0.25, 0.3) is 0 Å². The van der Waals surface area contributed by atoms with Crippen LogP contribution in [0.5, 0.6) is 5.88 Å². The second-order valence-corrected chi connectivity index (χ2v) is 7.12. The number of imidazole rings is 1. The number of benzene rings is 1. The Kier molecular flexibility index (Phi) is 3.08. The van der Waals surface area contributed by atoms with Gasteiger partial charge in [-0.2, -0.15) is 0 Å². The van der Waals surface area contributed by atoms with E-state index in [1.165, 1.54) is 25.5 Å². The fraction of sp³-hybridized carbons (Fsp3) is 0.0667. The van der Waals surface area contributed by atoms with Gasteiger partial charge in [0.1, 0.15) is 5.52 Å². The maximum atomic E-state index is 12.0. The number of aromatic hydroxyl groups is 1. The Bertz CT molecular complexity index is 1180. The molecule has 9 heteroatoms. The molecule has 0 radical (unpaired) electrons. The lowest BCUT2D eigenvalue weighted by molar-refractivity contribution is 0.460. The first-order valence-electron chi connectivity index (χ1n) is 7.08. The number of hydrogen-bond acceptors (Lipinski definition) is 5. The highest BCUT2D eigenvalue weighted by Crippen LogP contribution is 2.37. The third-order valence-corrected chi connectivity index (χ3v) is 5.28. The fourth-order valence-electron chi connectivity index (χ4n) is 2.67. The summed E-state index contributed by atoms with van der Waals surface area (Å²) in [6.07, 6.45) is 1.54. The van der Waals surface area contributed by atoms with Gasteiger partial charge in [0, 0.05) is 10.9 Å². The minimum atomic E-state index is -3.59. The number of rotatable bonds is 3. The summed E-state index contributed by atoms with van der Waals surface area (Å²) in [4.78, 5) is 14.4. The minimum Gasteiger partial charge on any atom is -0.494 e. The summed E-state index contributed by atoms with van der Waals surface area (Å²) < 4.78 is 26.3. The molecule has 24 heavy (non-hydrogen) atoms. The van der Waals surface area contributed by atoms with Crippen molar-refractivity contribution in [2.45, 2.75) is 4.90 Å². The van der Waals surface area contributed by atoms with Gasteiger partial charge in [0.2, 0.25) is 10.0 Å². The second kappa shape index (κ2) is 5.05. The maximum Gasteiger partial charge on any atom is 0.240 e. The number of aromatic amines is 2. The van der Waals surface area contributed by atoms with E-state index in [9.17, 15) is 13.5 Å². The third-order valence-electron chi connectivity index (χ3n) is 3.86. The molecule has 0 aliphatic heterocycles. The van der Waals surface area contributed by atoms with E-state index in [0.717, 1.165) is 0 Å². The van der Waals surface area contributed by atoms with Crippen LogP contribution in [0.1, 0.15) is 0 Å². The summed E-state index contributed by atoms with van der Waals surface area (Å²) in [7, 11) is -2.24. The third kappa shape index (κ3) is 2.14. The van der Waals surface area contributed by atoms with Crippen LogP contribution in [0.15, 0.2) is 41.6 Å². The summed E-state index contributed by atoms with van der Waals surface area (Å²) in [6, 6.07) is 8.09. The average Bonchev–Trinajstić information content (AvgIpc) is 3.16. The van der Waals surface area contributed by atoms with Crippen LogP contribution in [0.2, 0.25) is 0 Å². The maximum absolute atomic E-state index is 12.0. The van der Waals surface area contributed by atoms with E-state index in [1.807, 2.05) is 0 Å². The second-order valence-electron chi connectivity index (χ2n) is 5.23. The van der Waals surface area contributed by atoms with Gasteiger partial charge in [0.15, 0.2) is 11.5 Å². The molecule has 122 valence electrons. The van der Waals surface area contributed by atoms with Crippen LogP contribution in [-0.4, -0.2) is 40.5 Å². The van der Waals surface area contributed by atoms with Crippen LogP contribution in [0.4, 0.5) is 0 Å². The summed E-state index contributed by atoms with van der Waals surface area (Å²) in [6.45, 7) is 0. The molecule has 0 saturated carbocycles. The number of aromatic nitrogens is 4. The molecule has 8 nitrogen and oxygen atoms in total. The Morgan fingerprint density at radius 2 is 2.04 bits per heavy atom. The smallest absolute Gasteiger partial charge is 0.240 e. The molecular formula is C15H13N5O3S. The Hall–Kier alpha value is -2.91. The first kappa shape index (κ1) is 14.7. The highest BCUT2D eigenvalue weighted by Gasteiger charge is 2.18. The lowest BCUT2D eigenvalue weighted by Crippen LogP contribution is -2.18. The lowest BCUT2D eigenvalue weighted by atomic mass is 10.1. The van der Waals surface area contributed by atoms with Crippen molar-refractivity contribution in [2.75, 3.05) is 7.05 Å². The number of hydrogen-bond donors (Lipinski definition) is 4. The fourth-order valence-corrected chi connectivity index (χ4v) is 3.42. The molecule has 1 aromatic carbocycles. The molecule has 4 aromatic rings. The Morgan fingerprint density at radius 1 is 1.21 bits per heavy atom. The molecule has 0 aliphatic rings. The number of pyridine rings is 1. The molecule has 0 fully saturated rings. The molecule has 0 saturated heterocycles. The molecule has 0 aliphatic carbocycles. The van der Waals surface area contributed by atoms with Crippen molar-refractivity contribution in [2.24, 2.45) is 0 Å². The number of H-pyrrole nitrogens is 2. The van der Waals surface area contributed by atoms with Crippen LogP contribution in [-0.2, 0) is 10.0 Å². The van der Waals surface area contributed by atoms with E-state index in [-0.39, 0.29) is 10.8 Å². The van der Waals surface area contributed by atoms with Crippen LogP contribution < -0.4 is 4.72 Å². The Labute approximate surface area is 136 Å². The van der Waals surface area contributed by atoms with E-state index >= 15 is 0 Å². The summed E-state index contributed by atoms with van der Waals surface area (Å²) in [5.41, 5.74) is 2.85. The average molecular weight is 343 g/mol. The summed E-state index contributed by atoms with van der Waals surface area (Å²) in [5.74, 6) is -0.0737. The van der Waals surface area contributed by atoms with Crippen molar-refractivity contribution in [3.8, 4) is 17.1 Å². The molecule has 0 unspecified atom stereocenters. The van der Waals surface area contributed by atoms with Crippen molar-refractivity contribution in [1.82, 2.24) is 24.7 Å². The number of nitrogens with one attached hydrogen (secondary N) is 3. The normalized spacial score (nSPS) is 12.2. The topological polar surface area (TPSA) is 124 Å². The van der Waals surface area contributed by atoms with Gasteiger partial charge in [-0.25, -0.2) is 23.1 Å². The first-order valence-corrected chi connectivity index (χ1v) is 8.56. The molecule has 4 N–H and O–H groups in total. The quantitative estimate of drug-likeness (QED) is 0.451. The predicted octanol–water partition coefficient (Wildman–Crippen LogP) is 1.72. The minimum absolute atomic E-state index is 0.0737. The van der Waals surface area contributed by atoms with E-state index in [2.05, 4.69) is 24.7 Å². The van der Waals surface area contributed by atoms with E-state index in [1.54, 1.807) is 18.2 Å². The molecule has 0 bridgehead atoms. The zero-order valence-corrected chi connectivity index (χ0v) is 13.3. The molecule has 0 spiro atoms. The zero-order chi connectivity index (χ0) is 16.9. The van der Waals surface area contributed by atoms with Gasteiger partial charge >= 0.3 is 0 Å². The van der Waals surface area contributed by atoms with Crippen LogP contribution in [0.3, 0.4) is 0 Å². The molecular weight excluding hydrogens is 330 g/mol. The summed E-state index contributed by atoms with van der Waals surface area (Å²) in [5, 5.41) is 10.8. The zero-order valence-electron chi connectivity index (χ0n) is 12.5. The lowest BCUT2D eigenvalue weighted by Gasteiger charge is -2.04. The molecule has 0 amide bonds. The van der Waals surface area contributed by atoms with Crippen molar-refractivity contribution in [1.29, 1.82) is 0 Å². The van der Waals surface area contributed by atoms with Crippen LogP contribution >= 0.6 is 0 Å². The van der Waals surface area contributed by atoms with Crippen LogP contribution in [0.25, 0.3) is 33.3 Å². The van der Waals surface area contributed by atoms with Crippen molar-refractivity contribution in [3.05, 3.63) is 36.7 Å². The van der Waals surface area contributed by atoms with Gasteiger partial charge < -0.3 is 15.1 Å². The van der Waals surface area contributed by atoms with Gasteiger partial charge in [-0.05, 0) is 37.4 Å². The van der Waals surface area contributed by atoms with Crippen LogP contribution in [0, 0.1) is 0 Å². The van der Waals surface area contributed by atoms with Gasteiger partial charge in [-0.3, -0.25) is 0 Å².